The van der Waals surface area contributed by atoms with Crippen molar-refractivity contribution in [3.05, 3.63) is 30.0 Å². The first-order valence-electron chi connectivity index (χ1n) is 6.22. The third-order valence-electron chi connectivity index (χ3n) is 2.10. The summed E-state index contributed by atoms with van der Waals surface area (Å²) in [6, 6.07) is 3.64. The normalized spacial score (nSPS) is 11.5. The van der Waals surface area contributed by atoms with Crippen molar-refractivity contribution in [1.82, 2.24) is 10.3 Å². The molecule has 1 amide bonds. The Labute approximate surface area is 113 Å². The van der Waals surface area contributed by atoms with Crippen molar-refractivity contribution < 1.29 is 9.53 Å². The van der Waals surface area contributed by atoms with Gasteiger partial charge in [0.2, 0.25) is 0 Å². The molecule has 3 N–H and O–H groups in total. The number of amides is 1. The molecule has 0 unspecified atom stereocenters. The van der Waals surface area contributed by atoms with Crippen LogP contribution in [0.3, 0.4) is 0 Å². The van der Waals surface area contributed by atoms with Crippen molar-refractivity contribution in [2.24, 2.45) is 0 Å². The summed E-state index contributed by atoms with van der Waals surface area (Å²) in [7, 11) is 0. The SMILES string of the molecule is CC(C)(C)OC(=O)NCCC=Cc1ccc(N)nc1. The van der Waals surface area contributed by atoms with E-state index in [1.807, 2.05) is 39.0 Å². The molecule has 1 aromatic heterocycles. The molecule has 5 nitrogen and oxygen atoms in total. The maximum Gasteiger partial charge on any atom is 0.407 e. The molecule has 0 bridgehead atoms. The van der Waals surface area contributed by atoms with Gasteiger partial charge in [-0.15, -0.1) is 0 Å². The minimum absolute atomic E-state index is 0.393. The Kier molecular flexibility index (Phi) is 5.36. The van der Waals surface area contributed by atoms with Crippen molar-refractivity contribution >= 4 is 18.0 Å². The van der Waals surface area contributed by atoms with Gasteiger partial charge >= 0.3 is 6.09 Å². The molecule has 0 fully saturated rings. The first kappa shape index (κ1) is 15.0. The molecule has 104 valence electrons. The first-order chi connectivity index (χ1) is 8.87. The summed E-state index contributed by atoms with van der Waals surface area (Å²) in [4.78, 5) is 15.3. The zero-order chi connectivity index (χ0) is 14.3. The van der Waals surface area contributed by atoms with Gasteiger partial charge in [-0.05, 0) is 44.9 Å². The first-order valence-corrected chi connectivity index (χ1v) is 6.22. The number of carbonyl (C=O) groups excluding carboxylic acids is 1. The molecular weight excluding hydrogens is 242 g/mol. The van der Waals surface area contributed by atoms with E-state index in [0.717, 1.165) is 12.0 Å². The second-order valence-electron chi connectivity index (χ2n) is 5.14. The number of aromatic nitrogens is 1. The molecule has 0 atom stereocenters. The molecular formula is C14H21N3O2. The van der Waals surface area contributed by atoms with Gasteiger partial charge in [0.25, 0.3) is 0 Å². The van der Waals surface area contributed by atoms with Crippen LogP contribution in [0.1, 0.15) is 32.8 Å². The predicted octanol–water partition coefficient (Wildman–Crippen LogP) is 2.59. The standard InChI is InChI=1S/C14H21N3O2/c1-14(2,3)19-13(18)16-9-5-4-6-11-7-8-12(15)17-10-11/h4,6-8,10H,5,9H2,1-3H3,(H2,15,17)(H,16,18). The van der Waals surface area contributed by atoms with Gasteiger partial charge in [-0.3, -0.25) is 0 Å². The summed E-state index contributed by atoms with van der Waals surface area (Å²) < 4.78 is 5.12. The van der Waals surface area contributed by atoms with Crippen molar-refractivity contribution in [1.29, 1.82) is 0 Å². The molecule has 0 aliphatic heterocycles. The number of alkyl carbamates (subject to hydrolysis) is 1. The highest BCUT2D eigenvalue weighted by molar-refractivity contribution is 5.67. The molecule has 19 heavy (non-hydrogen) atoms. The lowest BCUT2D eigenvalue weighted by molar-refractivity contribution is 0.0529. The van der Waals surface area contributed by atoms with Crippen LogP contribution >= 0.6 is 0 Å². The van der Waals surface area contributed by atoms with Gasteiger partial charge in [-0.25, -0.2) is 9.78 Å². The lowest BCUT2D eigenvalue weighted by atomic mass is 10.2. The summed E-state index contributed by atoms with van der Waals surface area (Å²) in [6.45, 7) is 6.04. The predicted molar refractivity (Wildman–Crippen MR) is 76.5 cm³/mol. The fourth-order valence-electron chi connectivity index (χ4n) is 1.31. The van der Waals surface area contributed by atoms with Crippen molar-refractivity contribution in [2.45, 2.75) is 32.8 Å². The van der Waals surface area contributed by atoms with Gasteiger partial charge in [0.15, 0.2) is 0 Å². The Morgan fingerprint density at radius 2 is 2.21 bits per heavy atom. The van der Waals surface area contributed by atoms with Crippen molar-refractivity contribution in [2.75, 3.05) is 12.3 Å². The van der Waals surface area contributed by atoms with Crippen molar-refractivity contribution in [3.63, 3.8) is 0 Å². The number of pyridine rings is 1. The molecule has 5 heteroatoms. The molecule has 1 heterocycles. The number of nitrogens with zero attached hydrogens (tertiary/aromatic N) is 1. The monoisotopic (exact) mass is 263 g/mol. The number of hydrogen-bond donors (Lipinski definition) is 2. The summed E-state index contributed by atoms with van der Waals surface area (Å²) in [5, 5.41) is 2.69. The number of nitrogen functional groups attached to an aromatic ring is 1. The van der Waals surface area contributed by atoms with E-state index in [4.69, 9.17) is 10.5 Å². The van der Waals surface area contributed by atoms with E-state index in [1.54, 1.807) is 12.3 Å². The van der Waals surface area contributed by atoms with E-state index in [9.17, 15) is 4.79 Å². The molecule has 0 aliphatic rings. The zero-order valence-electron chi connectivity index (χ0n) is 11.6. The molecule has 0 aliphatic carbocycles. The third kappa shape index (κ3) is 7.08. The average molecular weight is 263 g/mol. The fraction of sp³-hybridized carbons (Fsp3) is 0.429. The number of anilines is 1. The number of rotatable bonds is 4. The Balaban J connectivity index is 2.24. The Morgan fingerprint density at radius 1 is 1.47 bits per heavy atom. The Bertz CT molecular complexity index is 433. The third-order valence-corrected chi connectivity index (χ3v) is 2.10. The summed E-state index contributed by atoms with van der Waals surface area (Å²) >= 11 is 0. The molecule has 0 radical (unpaired) electrons. The van der Waals surface area contributed by atoms with E-state index in [1.165, 1.54) is 0 Å². The molecule has 0 spiro atoms. The maximum absolute atomic E-state index is 11.3. The summed E-state index contributed by atoms with van der Waals surface area (Å²) in [6.07, 6.45) is 5.93. The highest BCUT2D eigenvalue weighted by Crippen LogP contribution is 2.06. The van der Waals surface area contributed by atoms with Crippen LogP contribution in [-0.4, -0.2) is 23.2 Å². The number of carbonyl (C=O) groups is 1. The molecule has 0 saturated heterocycles. The second kappa shape index (κ2) is 6.78. The second-order valence-corrected chi connectivity index (χ2v) is 5.14. The quantitative estimate of drug-likeness (QED) is 0.818. The van der Waals surface area contributed by atoms with Gasteiger partial charge in [-0.2, -0.15) is 0 Å². The van der Waals surface area contributed by atoms with Crippen LogP contribution in [0.15, 0.2) is 24.4 Å². The van der Waals surface area contributed by atoms with Crippen LogP contribution in [0.25, 0.3) is 6.08 Å². The molecule has 0 aromatic carbocycles. The number of nitrogens with one attached hydrogen (secondary N) is 1. The number of hydrogen-bond acceptors (Lipinski definition) is 4. The van der Waals surface area contributed by atoms with E-state index in [2.05, 4.69) is 10.3 Å². The smallest absolute Gasteiger partial charge is 0.407 e. The number of nitrogens with two attached hydrogens (primary N) is 1. The van der Waals surface area contributed by atoms with Crippen LogP contribution in [0.2, 0.25) is 0 Å². The summed E-state index contributed by atoms with van der Waals surface area (Å²) in [5.41, 5.74) is 6.01. The lowest BCUT2D eigenvalue weighted by Crippen LogP contribution is -2.32. The van der Waals surface area contributed by atoms with Gasteiger partial charge < -0.3 is 15.8 Å². The van der Waals surface area contributed by atoms with Crippen LogP contribution in [0.5, 0.6) is 0 Å². The number of ether oxygens (including phenoxy) is 1. The minimum atomic E-state index is -0.463. The van der Waals surface area contributed by atoms with Crippen LogP contribution in [-0.2, 0) is 4.74 Å². The molecule has 1 aromatic rings. The average Bonchev–Trinajstić information content (AvgIpc) is 2.29. The lowest BCUT2D eigenvalue weighted by Gasteiger charge is -2.19. The van der Waals surface area contributed by atoms with E-state index in [-0.39, 0.29) is 0 Å². The zero-order valence-corrected chi connectivity index (χ0v) is 11.6. The highest BCUT2D eigenvalue weighted by Gasteiger charge is 2.14. The Morgan fingerprint density at radius 3 is 2.79 bits per heavy atom. The van der Waals surface area contributed by atoms with E-state index >= 15 is 0 Å². The maximum atomic E-state index is 11.3. The minimum Gasteiger partial charge on any atom is -0.444 e. The topological polar surface area (TPSA) is 77.2 Å². The highest BCUT2D eigenvalue weighted by atomic mass is 16.6. The van der Waals surface area contributed by atoms with Crippen LogP contribution in [0.4, 0.5) is 10.6 Å². The van der Waals surface area contributed by atoms with Crippen LogP contribution < -0.4 is 11.1 Å². The largest absolute Gasteiger partial charge is 0.444 e. The van der Waals surface area contributed by atoms with Crippen LogP contribution in [0, 0.1) is 0 Å². The van der Waals surface area contributed by atoms with Gasteiger partial charge in [0.05, 0.1) is 0 Å². The van der Waals surface area contributed by atoms with E-state index in [0.29, 0.717) is 12.4 Å². The fourth-order valence-corrected chi connectivity index (χ4v) is 1.31. The molecule has 1 rings (SSSR count). The Hall–Kier alpha value is -2.04. The van der Waals surface area contributed by atoms with Crippen molar-refractivity contribution in [3.8, 4) is 0 Å². The van der Waals surface area contributed by atoms with Gasteiger partial charge in [0, 0.05) is 12.7 Å². The van der Waals surface area contributed by atoms with Gasteiger partial charge in [0.1, 0.15) is 11.4 Å². The molecule has 0 saturated carbocycles. The summed E-state index contributed by atoms with van der Waals surface area (Å²) in [5.74, 6) is 0.503. The van der Waals surface area contributed by atoms with E-state index < -0.39 is 11.7 Å². The van der Waals surface area contributed by atoms with Gasteiger partial charge in [-0.1, -0.05) is 12.2 Å².